The third-order valence-corrected chi connectivity index (χ3v) is 2.25. The van der Waals surface area contributed by atoms with E-state index in [9.17, 15) is 0 Å². The second kappa shape index (κ2) is 4.35. The number of nitrogen functional groups attached to an aromatic ring is 1. The fraction of sp³-hybridized carbons (Fsp3) is 0.333. The van der Waals surface area contributed by atoms with Crippen LogP contribution in [0.15, 0.2) is 28.8 Å². The summed E-state index contributed by atoms with van der Waals surface area (Å²) in [5.41, 5.74) is 7.33. The van der Waals surface area contributed by atoms with Crippen LogP contribution in [0, 0.1) is 5.92 Å². The summed E-state index contributed by atoms with van der Waals surface area (Å²) < 4.78 is 5.17. The number of aromatic nitrogens is 2. The van der Waals surface area contributed by atoms with Gasteiger partial charge >= 0.3 is 0 Å². The standard InChI is InChI=1S/C12H15N3O/c1-8(2)7-11-14-12(15-16-11)9-5-3-4-6-10(9)13/h3-6,8H,7,13H2,1-2H3. The molecule has 0 unspecified atom stereocenters. The van der Waals surface area contributed by atoms with Gasteiger partial charge in [0.1, 0.15) is 0 Å². The molecule has 0 spiro atoms. The number of hydrogen-bond donors (Lipinski definition) is 1. The molecule has 1 aromatic carbocycles. The maximum absolute atomic E-state index is 5.84. The molecule has 1 aromatic heterocycles. The van der Waals surface area contributed by atoms with Gasteiger partial charge in [-0.25, -0.2) is 0 Å². The molecule has 0 amide bonds. The van der Waals surface area contributed by atoms with Gasteiger partial charge in [-0.3, -0.25) is 0 Å². The van der Waals surface area contributed by atoms with Gasteiger partial charge in [-0.15, -0.1) is 0 Å². The van der Waals surface area contributed by atoms with E-state index in [1.165, 1.54) is 0 Å². The van der Waals surface area contributed by atoms with Crippen molar-refractivity contribution in [1.29, 1.82) is 0 Å². The first-order valence-corrected chi connectivity index (χ1v) is 5.34. The molecule has 1 heterocycles. The Morgan fingerprint density at radius 2 is 2.06 bits per heavy atom. The number of benzene rings is 1. The van der Waals surface area contributed by atoms with E-state index in [1.807, 2.05) is 24.3 Å². The zero-order valence-corrected chi connectivity index (χ0v) is 9.47. The van der Waals surface area contributed by atoms with Crippen molar-refractivity contribution in [3.63, 3.8) is 0 Å². The fourth-order valence-electron chi connectivity index (χ4n) is 1.50. The van der Waals surface area contributed by atoms with Gasteiger partial charge in [0.15, 0.2) is 0 Å². The first-order valence-electron chi connectivity index (χ1n) is 5.34. The number of nitrogens with two attached hydrogens (primary N) is 1. The Kier molecular flexibility index (Phi) is 2.90. The summed E-state index contributed by atoms with van der Waals surface area (Å²) in [7, 11) is 0. The van der Waals surface area contributed by atoms with Crippen LogP contribution in [0.3, 0.4) is 0 Å². The van der Waals surface area contributed by atoms with Crippen molar-refractivity contribution in [1.82, 2.24) is 10.1 Å². The van der Waals surface area contributed by atoms with Crippen LogP contribution >= 0.6 is 0 Å². The molecule has 0 bridgehead atoms. The molecule has 0 atom stereocenters. The van der Waals surface area contributed by atoms with E-state index in [0.717, 1.165) is 12.0 Å². The van der Waals surface area contributed by atoms with Crippen molar-refractivity contribution in [2.75, 3.05) is 5.73 Å². The third kappa shape index (κ3) is 2.21. The molecule has 84 valence electrons. The van der Waals surface area contributed by atoms with Gasteiger partial charge in [0.25, 0.3) is 0 Å². The topological polar surface area (TPSA) is 64.9 Å². The summed E-state index contributed by atoms with van der Waals surface area (Å²) in [4.78, 5) is 4.32. The van der Waals surface area contributed by atoms with Gasteiger partial charge in [0.2, 0.25) is 11.7 Å². The molecule has 0 saturated carbocycles. The van der Waals surface area contributed by atoms with Gasteiger partial charge in [-0.2, -0.15) is 4.98 Å². The van der Waals surface area contributed by atoms with E-state index in [1.54, 1.807) is 0 Å². The van der Waals surface area contributed by atoms with Crippen LogP contribution < -0.4 is 5.73 Å². The Hall–Kier alpha value is -1.84. The molecule has 4 nitrogen and oxygen atoms in total. The monoisotopic (exact) mass is 217 g/mol. The smallest absolute Gasteiger partial charge is 0.227 e. The highest BCUT2D eigenvalue weighted by atomic mass is 16.5. The molecule has 0 aliphatic rings. The first-order chi connectivity index (χ1) is 7.66. The average Bonchev–Trinajstić information content (AvgIpc) is 2.66. The molecule has 4 heteroatoms. The summed E-state index contributed by atoms with van der Waals surface area (Å²) in [5, 5.41) is 3.93. The largest absolute Gasteiger partial charge is 0.398 e. The lowest BCUT2D eigenvalue weighted by atomic mass is 10.1. The van der Waals surface area contributed by atoms with Gasteiger partial charge in [-0.05, 0) is 18.1 Å². The highest BCUT2D eigenvalue weighted by molar-refractivity contribution is 5.70. The molecular formula is C12H15N3O. The van der Waals surface area contributed by atoms with Gasteiger partial charge in [0, 0.05) is 17.7 Å². The Bertz CT molecular complexity index is 477. The van der Waals surface area contributed by atoms with Crippen LogP contribution in [-0.4, -0.2) is 10.1 Å². The van der Waals surface area contributed by atoms with Crippen molar-refractivity contribution in [2.24, 2.45) is 5.92 Å². The predicted octanol–water partition coefficient (Wildman–Crippen LogP) is 2.52. The second-order valence-electron chi connectivity index (χ2n) is 4.20. The van der Waals surface area contributed by atoms with E-state index in [0.29, 0.717) is 23.3 Å². The minimum Gasteiger partial charge on any atom is -0.398 e. The Morgan fingerprint density at radius 1 is 1.31 bits per heavy atom. The highest BCUT2D eigenvalue weighted by Gasteiger charge is 2.11. The zero-order chi connectivity index (χ0) is 11.5. The molecule has 0 aliphatic carbocycles. The van der Waals surface area contributed by atoms with Crippen LogP contribution in [-0.2, 0) is 6.42 Å². The fourth-order valence-corrected chi connectivity index (χ4v) is 1.50. The number of anilines is 1. The van der Waals surface area contributed by atoms with Crippen molar-refractivity contribution in [3.05, 3.63) is 30.2 Å². The van der Waals surface area contributed by atoms with Crippen LogP contribution in [0.1, 0.15) is 19.7 Å². The van der Waals surface area contributed by atoms with E-state index >= 15 is 0 Å². The molecule has 0 fully saturated rings. The zero-order valence-electron chi connectivity index (χ0n) is 9.47. The molecule has 2 aromatic rings. The molecule has 0 saturated heterocycles. The van der Waals surface area contributed by atoms with Crippen molar-refractivity contribution < 1.29 is 4.52 Å². The first kappa shape index (κ1) is 10.7. The van der Waals surface area contributed by atoms with Crippen LogP contribution in [0.2, 0.25) is 0 Å². The Labute approximate surface area is 94.5 Å². The molecular weight excluding hydrogens is 202 g/mol. The third-order valence-electron chi connectivity index (χ3n) is 2.25. The molecule has 16 heavy (non-hydrogen) atoms. The highest BCUT2D eigenvalue weighted by Crippen LogP contribution is 2.22. The molecule has 0 aliphatic heterocycles. The average molecular weight is 217 g/mol. The minimum atomic E-state index is 0.501. The number of rotatable bonds is 3. The molecule has 2 N–H and O–H groups in total. The normalized spacial score (nSPS) is 10.9. The summed E-state index contributed by atoms with van der Waals surface area (Å²) in [6.07, 6.45) is 0.791. The van der Waals surface area contributed by atoms with Crippen LogP contribution in [0.5, 0.6) is 0 Å². The molecule has 2 rings (SSSR count). The van der Waals surface area contributed by atoms with Crippen molar-refractivity contribution >= 4 is 5.69 Å². The number of para-hydroxylation sites is 1. The van der Waals surface area contributed by atoms with Gasteiger partial charge in [-0.1, -0.05) is 31.1 Å². The summed E-state index contributed by atoms with van der Waals surface area (Å²) in [6, 6.07) is 7.51. The van der Waals surface area contributed by atoms with E-state index < -0.39 is 0 Å². The lowest BCUT2D eigenvalue weighted by Gasteiger charge is -1.98. The van der Waals surface area contributed by atoms with E-state index in [-0.39, 0.29) is 0 Å². The molecule has 0 radical (unpaired) electrons. The van der Waals surface area contributed by atoms with Gasteiger partial charge in [0.05, 0.1) is 0 Å². The number of nitrogens with zero attached hydrogens (tertiary/aromatic N) is 2. The predicted molar refractivity (Wildman–Crippen MR) is 62.7 cm³/mol. The lowest BCUT2D eigenvalue weighted by molar-refractivity contribution is 0.363. The maximum Gasteiger partial charge on any atom is 0.227 e. The lowest BCUT2D eigenvalue weighted by Crippen LogP contribution is -1.94. The van der Waals surface area contributed by atoms with E-state index in [4.69, 9.17) is 10.3 Å². The maximum atomic E-state index is 5.84. The minimum absolute atomic E-state index is 0.501. The van der Waals surface area contributed by atoms with Crippen LogP contribution in [0.4, 0.5) is 5.69 Å². The summed E-state index contributed by atoms with van der Waals surface area (Å²) >= 11 is 0. The number of hydrogen-bond acceptors (Lipinski definition) is 4. The summed E-state index contributed by atoms with van der Waals surface area (Å²) in [5.74, 6) is 1.73. The summed E-state index contributed by atoms with van der Waals surface area (Å²) in [6.45, 7) is 4.22. The quantitative estimate of drug-likeness (QED) is 0.802. The SMILES string of the molecule is CC(C)Cc1nc(-c2ccccc2N)no1. The Morgan fingerprint density at radius 3 is 2.75 bits per heavy atom. The Balaban J connectivity index is 2.28. The van der Waals surface area contributed by atoms with Gasteiger partial charge < -0.3 is 10.3 Å². The van der Waals surface area contributed by atoms with Crippen molar-refractivity contribution in [3.8, 4) is 11.4 Å². The van der Waals surface area contributed by atoms with E-state index in [2.05, 4.69) is 24.0 Å². The second-order valence-corrected chi connectivity index (χ2v) is 4.20. The van der Waals surface area contributed by atoms with Crippen LogP contribution in [0.25, 0.3) is 11.4 Å². The van der Waals surface area contributed by atoms with Crippen molar-refractivity contribution in [2.45, 2.75) is 20.3 Å².